The van der Waals surface area contributed by atoms with Gasteiger partial charge in [0.2, 0.25) is 5.91 Å². The Kier molecular flexibility index (Phi) is 8.04. The van der Waals surface area contributed by atoms with Gasteiger partial charge in [-0.15, -0.1) is 0 Å². The number of amides is 3. The zero-order chi connectivity index (χ0) is 22.1. The lowest BCUT2D eigenvalue weighted by Crippen LogP contribution is -2.31. The number of hydrogen-bond acceptors (Lipinski definition) is 4. The largest absolute Gasteiger partial charge is 0.376 e. The fraction of sp³-hybridized carbons (Fsp3) is 0.375. The van der Waals surface area contributed by atoms with Gasteiger partial charge in [-0.05, 0) is 56.2 Å². The number of anilines is 2. The molecule has 0 spiro atoms. The molecule has 3 rings (SSSR count). The minimum atomic E-state index is -0.239. The first-order chi connectivity index (χ1) is 15.1. The summed E-state index contributed by atoms with van der Waals surface area (Å²) in [4.78, 5) is 39.0. The van der Waals surface area contributed by atoms with Crippen LogP contribution < -0.4 is 16.0 Å². The van der Waals surface area contributed by atoms with Gasteiger partial charge in [0.1, 0.15) is 0 Å². The van der Waals surface area contributed by atoms with Crippen molar-refractivity contribution in [3.05, 3.63) is 59.7 Å². The molecule has 0 aliphatic carbocycles. The van der Waals surface area contributed by atoms with Crippen LogP contribution in [0, 0.1) is 0 Å². The Bertz CT molecular complexity index is 921. The lowest BCUT2D eigenvalue weighted by Gasteiger charge is -2.20. The monoisotopic (exact) mass is 422 g/mol. The summed E-state index contributed by atoms with van der Waals surface area (Å²) in [5, 5.41) is 8.60. The smallest absolute Gasteiger partial charge is 0.253 e. The number of nitrogens with one attached hydrogen (secondary N) is 3. The molecule has 0 aromatic heterocycles. The highest BCUT2D eigenvalue weighted by Gasteiger charge is 2.17. The van der Waals surface area contributed by atoms with Crippen molar-refractivity contribution in [1.29, 1.82) is 0 Å². The van der Waals surface area contributed by atoms with Gasteiger partial charge in [-0.2, -0.15) is 0 Å². The van der Waals surface area contributed by atoms with E-state index in [0.29, 0.717) is 29.0 Å². The number of nitrogens with zero attached hydrogens (tertiary/aromatic N) is 1. The fourth-order valence-corrected chi connectivity index (χ4v) is 3.61. The summed E-state index contributed by atoms with van der Waals surface area (Å²) >= 11 is 0. The van der Waals surface area contributed by atoms with E-state index in [1.807, 2.05) is 30.0 Å². The summed E-state index contributed by atoms with van der Waals surface area (Å²) in [7, 11) is 0. The van der Waals surface area contributed by atoms with E-state index < -0.39 is 0 Å². The molecule has 1 aliphatic rings. The van der Waals surface area contributed by atoms with E-state index in [2.05, 4.69) is 16.0 Å². The number of likely N-dealkylation sites (tertiary alicyclic amines) is 1. The van der Waals surface area contributed by atoms with Gasteiger partial charge in [-0.3, -0.25) is 14.4 Å². The lowest BCUT2D eigenvalue weighted by molar-refractivity contribution is -0.114. The summed E-state index contributed by atoms with van der Waals surface area (Å²) in [6, 6.07) is 14.1. The molecule has 3 amide bonds. The average molecular weight is 423 g/mol. The van der Waals surface area contributed by atoms with E-state index in [1.165, 1.54) is 12.8 Å². The Balaban J connectivity index is 1.56. The number of rotatable bonds is 7. The Morgan fingerprint density at radius 1 is 0.871 bits per heavy atom. The molecule has 0 unspecified atom stereocenters. The van der Waals surface area contributed by atoms with Crippen molar-refractivity contribution in [1.82, 2.24) is 10.2 Å². The molecule has 0 atom stereocenters. The van der Waals surface area contributed by atoms with Crippen molar-refractivity contribution in [2.75, 3.05) is 36.8 Å². The zero-order valence-corrected chi connectivity index (χ0v) is 17.9. The second-order valence-corrected chi connectivity index (χ2v) is 7.63. The van der Waals surface area contributed by atoms with Crippen LogP contribution in [0.5, 0.6) is 0 Å². The molecular formula is C24H30N4O3. The fourth-order valence-electron chi connectivity index (χ4n) is 3.61. The minimum Gasteiger partial charge on any atom is -0.376 e. The highest BCUT2D eigenvalue weighted by Crippen LogP contribution is 2.17. The molecule has 7 heteroatoms. The Labute approximate surface area is 183 Å². The van der Waals surface area contributed by atoms with Crippen LogP contribution in [0.2, 0.25) is 0 Å². The molecule has 7 nitrogen and oxygen atoms in total. The van der Waals surface area contributed by atoms with Gasteiger partial charge in [-0.1, -0.05) is 25.0 Å². The maximum absolute atomic E-state index is 12.8. The molecule has 2 aromatic carbocycles. The predicted molar refractivity (Wildman–Crippen MR) is 122 cm³/mol. The lowest BCUT2D eigenvalue weighted by atomic mass is 10.1. The molecule has 0 radical (unpaired) electrons. The maximum Gasteiger partial charge on any atom is 0.253 e. The summed E-state index contributed by atoms with van der Waals surface area (Å²) in [6.07, 6.45) is 4.44. The Hall–Kier alpha value is -3.35. The van der Waals surface area contributed by atoms with Crippen LogP contribution in [0.3, 0.4) is 0 Å². The van der Waals surface area contributed by atoms with Crippen molar-refractivity contribution in [3.8, 4) is 0 Å². The molecule has 0 bridgehead atoms. The molecule has 31 heavy (non-hydrogen) atoms. The van der Waals surface area contributed by atoms with Crippen LogP contribution in [-0.2, 0) is 4.79 Å². The van der Waals surface area contributed by atoms with Gasteiger partial charge in [0, 0.05) is 42.1 Å². The summed E-state index contributed by atoms with van der Waals surface area (Å²) in [5.41, 5.74) is 2.39. The van der Waals surface area contributed by atoms with Crippen molar-refractivity contribution in [2.24, 2.45) is 0 Å². The first kappa shape index (κ1) is 22.3. The first-order valence-electron chi connectivity index (χ1n) is 10.9. The highest BCUT2D eigenvalue weighted by atomic mass is 16.2. The summed E-state index contributed by atoms with van der Waals surface area (Å²) in [6.45, 7) is 4.04. The number of hydrogen-bond donors (Lipinski definition) is 3. The molecular weight excluding hydrogens is 392 g/mol. The van der Waals surface area contributed by atoms with E-state index in [9.17, 15) is 14.4 Å². The van der Waals surface area contributed by atoms with E-state index in [-0.39, 0.29) is 24.3 Å². The summed E-state index contributed by atoms with van der Waals surface area (Å²) in [5.74, 6) is -0.378. The molecule has 1 aliphatic heterocycles. The van der Waals surface area contributed by atoms with Crippen LogP contribution in [0.25, 0.3) is 0 Å². The maximum atomic E-state index is 12.8. The number of carbonyl (C=O) groups is 3. The van der Waals surface area contributed by atoms with Crippen LogP contribution in [0.1, 0.15) is 53.3 Å². The SMILES string of the molecule is CCNC(=O)c1cccc(NC(=O)CNc2cccc(C(=O)N3CCCCCC3)c2)c1. The standard InChI is InChI=1S/C24H30N4O3/c1-2-25-23(30)18-9-7-12-21(15-18)27-22(29)17-26-20-11-8-10-19(16-20)24(31)28-13-5-3-4-6-14-28/h7-12,15-16,26H,2-6,13-14,17H2,1H3,(H,25,30)(H,27,29). The molecule has 2 aromatic rings. The van der Waals surface area contributed by atoms with Crippen LogP contribution in [0.15, 0.2) is 48.5 Å². The van der Waals surface area contributed by atoms with Crippen molar-refractivity contribution in [3.63, 3.8) is 0 Å². The van der Waals surface area contributed by atoms with Gasteiger partial charge >= 0.3 is 0 Å². The Morgan fingerprint density at radius 2 is 1.52 bits per heavy atom. The molecule has 3 N–H and O–H groups in total. The van der Waals surface area contributed by atoms with E-state index in [0.717, 1.165) is 25.9 Å². The van der Waals surface area contributed by atoms with Gasteiger partial charge < -0.3 is 20.9 Å². The Morgan fingerprint density at radius 3 is 2.23 bits per heavy atom. The van der Waals surface area contributed by atoms with Crippen molar-refractivity contribution < 1.29 is 14.4 Å². The zero-order valence-electron chi connectivity index (χ0n) is 17.9. The molecule has 0 saturated carbocycles. The first-order valence-corrected chi connectivity index (χ1v) is 10.9. The molecule has 1 fully saturated rings. The number of benzene rings is 2. The van der Waals surface area contributed by atoms with E-state index in [1.54, 1.807) is 30.3 Å². The van der Waals surface area contributed by atoms with Crippen LogP contribution in [0.4, 0.5) is 11.4 Å². The van der Waals surface area contributed by atoms with Crippen LogP contribution in [-0.4, -0.2) is 48.8 Å². The highest BCUT2D eigenvalue weighted by molar-refractivity contribution is 5.98. The topological polar surface area (TPSA) is 90.5 Å². The minimum absolute atomic E-state index is 0.0390. The van der Waals surface area contributed by atoms with Gasteiger partial charge in [-0.25, -0.2) is 0 Å². The molecule has 1 heterocycles. The van der Waals surface area contributed by atoms with Crippen molar-refractivity contribution >= 4 is 29.1 Å². The quantitative estimate of drug-likeness (QED) is 0.637. The summed E-state index contributed by atoms with van der Waals surface area (Å²) < 4.78 is 0. The third-order valence-electron chi connectivity index (χ3n) is 5.20. The van der Waals surface area contributed by atoms with E-state index >= 15 is 0 Å². The number of carbonyl (C=O) groups excluding carboxylic acids is 3. The third-order valence-corrected chi connectivity index (χ3v) is 5.20. The third kappa shape index (κ3) is 6.57. The molecule has 1 saturated heterocycles. The van der Waals surface area contributed by atoms with Gasteiger partial charge in [0.25, 0.3) is 11.8 Å². The van der Waals surface area contributed by atoms with Gasteiger partial charge in [0.05, 0.1) is 6.54 Å². The van der Waals surface area contributed by atoms with Crippen molar-refractivity contribution in [2.45, 2.75) is 32.6 Å². The van der Waals surface area contributed by atoms with Crippen LogP contribution >= 0.6 is 0 Å². The average Bonchev–Trinajstić information content (AvgIpc) is 3.07. The second kappa shape index (κ2) is 11.2. The predicted octanol–water partition coefficient (Wildman–Crippen LogP) is 3.50. The van der Waals surface area contributed by atoms with Gasteiger partial charge in [0.15, 0.2) is 0 Å². The normalized spacial score (nSPS) is 13.8. The second-order valence-electron chi connectivity index (χ2n) is 7.63. The molecule has 164 valence electrons. The van der Waals surface area contributed by atoms with E-state index in [4.69, 9.17) is 0 Å².